The van der Waals surface area contributed by atoms with Crippen molar-refractivity contribution in [2.45, 2.75) is 10.5 Å². The number of hydrogen-bond donors (Lipinski definition) is 2. The fraction of sp³-hybridized carbons (Fsp3) is 0.423. The van der Waals surface area contributed by atoms with E-state index in [4.69, 9.17) is 37.9 Å². The fourth-order valence-electron chi connectivity index (χ4n) is 8.54. The molecule has 0 radical (unpaired) electrons. The lowest BCUT2D eigenvalue weighted by atomic mass is 10.1. The Bertz CT molecular complexity index is 2420. The van der Waals surface area contributed by atoms with Crippen molar-refractivity contribution < 1.29 is 55.9 Å². The minimum absolute atomic E-state index is 0.136. The van der Waals surface area contributed by atoms with E-state index in [0.29, 0.717) is 68.2 Å². The van der Waals surface area contributed by atoms with Crippen molar-refractivity contribution >= 4 is 45.2 Å². The van der Waals surface area contributed by atoms with Gasteiger partial charge in [0, 0.05) is 76.6 Å². The van der Waals surface area contributed by atoms with Gasteiger partial charge in [-0.25, -0.2) is 8.42 Å². The molecule has 71 heavy (non-hydrogen) atoms. The molecule has 2 aliphatic rings. The van der Waals surface area contributed by atoms with E-state index in [9.17, 15) is 9.59 Å². The maximum absolute atomic E-state index is 16.1. The van der Waals surface area contributed by atoms with Crippen LogP contribution in [0.25, 0.3) is 12.2 Å². The highest BCUT2D eigenvalue weighted by atomic mass is 32.2. The number of piperazine rings is 2. The molecular weight excluding hydrogens is 933 g/mol. The summed E-state index contributed by atoms with van der Waals surface area (Å²) >= 11 is 0. The molecule has 2 atom stereocenters. The minimum Gasteiger partial charge on any atom is -0.496 e. The van der Waals surface area contributed by atoms with Crippen LogP contribution >= 0.6 is 0 Å². The van der Waals surface area contributed by atoms with E-state index in [0.717, 1.165) is 52.4 Å². The van der Waals surface area contributed by atoms with E-state index >= 15 is 8.42 Å². The van der Waals surface area contributed by atoms with Crippen LogP contribution in [0.2, 0.25) is 0 Å². The van der Waals surface area contributed by atoms with Crippen molar-refractivity contribution in [3.63, 3.8) is 0 Å². The van der Waals surface area contributed by atoms with Crippen LogP contribution in [0.3, 0.4) is 0 Å². The van der Waals surface area contributed by atoms with Gasteiger partial charge < -0.3 is 58.3 Å². The summed E-state index contributed by atoms with van der Waals surface area (Å²) in [4.78, 5) is 35.9. The number of nitrogens with one attached hydrogen (secondary N) is 2. The number of nitrogens with zero attached hydrogens (tertiary/aromatic N) is 4. The first kappa shape index (κ1) is 53.8. The van der Waals surface area contributed by atoms with Crippen molar-refractivity contribution in [3.8, 4) is 46.0 Å². The fourth-order valence-corrected chi connectivity index (χ4v) is 10.5. The molecule has 4 aromatic carbocycles. The molecular formula is C52H68N6O12S. The molecule has 2 saturated heterocycles. The summed E-state index contributed by atoms with van der Waals surface area (Å²) in [5, 5.41) is 3.14. The maximum atomic E-state index is 16.1. The third-order valence-electron chi connectivity index (χ3n) is 12.7. The highest BCUT2D eigenvalue weighted by Crippen LogP contribution is 2.44. The highest BCUT2D eigenvalue weighted by Gasteiger charge is 2.35. The van der Waals surface area contributed by atoms with Gasteiger partial charge in [0.2, 0.25) is 11.8 Å². The monoisotopic (exact) mass is 1000 g/mol. The van der Waals surface area contributed by atoms with Gasteiger partial charge >= 0.3 is 0 Å². The third-order valence-corrected chi connectivity index (χ3v) is 14.9. The minimum atomic E-state index is -4.52. The summed E-state index contributed by atoms with van der Waals surface area (Å²) in [6, 6.07) is 16.5. The Kier molecular flexibility index (Phi) is 19.0. The Morgan fingerprint density at radius 3 is 1.11 bits per heavy atom. The lowest BCUT2D eigenvalue weighted by molar-refractivity contribution is -0.118. The van der Waals surface area contributed by atoms with Gasteiger partial charge in [0.1, 0.15) is 56.5 Å². The van der Waals surface area contributed by atoms with Crippen molar-refractivity contribution in [2.75, 3.05) is 147 Å². The van der Waals surface area contributed by atoms with Crippen LogP contribution in [0.5, 0.6) is 46.0 Å². The number of ether oxygens (including phenoxy) is 8. The Hall–Kier alpha value is -6.51. The summed E-state index contributed by atoms with van der Waals surface area (Å²) in [5.41, 5.74) is 2.06. The summed E-state index contributed by atoms with van der Waals surface area (Å²) in [5.74, 6) is 2.49. The molecule has 18 nitrogen and oxygen atoms in total. The summed E-state index contributed by atoms with van der Waals surface area (Å²) < 4.78 is 77.8. The predicted molar refractivity (Wildman–Crippen MR) is 276 cm³/mol. The first-order valence-electron chi connectivity index (χ1n) is 23.1. The van der Waals surface area contributed by atoms with E-state index in [2.05, 4.69) is 30.2 Å². The number of amides is 2. The zero-order chi connectivity index (χ0) is 51.2. The average Bonchev–Trinajstić information content (AvgIpc) is 3.37. The number of benzene rings is 4. The van der Waals surface area contributed by atoms with E-state index < -0.39 is 20.3 Å². The van der Waals surface area contributed by atoms with Gasteiger partial charge in [-0.2, -0.15) is 0 Å². The number of carbonyl (C=O) groups is 2. The zero-order valence-electron chi connectivity index (χ0n) is 42.4. The number of likely N-dealkylation sites (N-methyl/N-ethyl adjacent to an activating group) is 2. The van der Waals surface area contributed by atoms with E-state index in [1.54, 1.807) is 85.0 Å². The van der Waals surface area contributed by atoms with Crippen LogP contribution in [0.4, 0.5) is 11.4 Å². The van der Waals surface area contributed by atoms with E-state index in [1.165, 1.54) is 56.9 Å². The van der Waals surface area contributed by atoms with Gasteiger partial charge in [0.05, 0.1) is 92.5 Å². The van der Waals surface area contributed by atoms with Crippen LogP contribution in [-0.2, 0) is 19.4 Å². The van der Waals surface area contributed by atoms with Crippen LogP contribution in [0.1, 0.15) is 32.8 Å². The van der Waals surface area contributed by atoms with E-state index in [1.807, 2.05) is 14.1 Å². The molecule has 6 rings (SSSR count). The number of anilines is 2. The van der Waals surface area contributed by atoms with Crippen LogP contribution in [0.15, 0.2) is 72.8 Å². The number of rotatable bonds is 22. The van der Waals surface area contributed by atoms with Gasteiger partial charge in [0.15, 0.2) is 9.84 Å². The molecule has 19 heteroatoms. The number of hydrogen-bond acceptors (Lipinski definition) is 16. The van der Waals surface area contributed by atoms with Crippen LogP contribution in [-0.4, -0.2) is 176 Å². The summed E-state index contributed by atoms with van der Waals surface area (Å²) in [7, 11) is 11.5. The maximum Gasteiger partial charge on any atom is 0.238 e. The first-order valence-corrected chi connectivity index (χ1v) is 24.8. The molecule has 2 heterocycles. The number of carbonyl (C=O) groups excluding carboxylic acids is 2. The lowest BCUT2D eigenvalue weighted by Gasteiger charge is -2.31. The molecule has 0 aliphatic carbocycles. The molecule has 2 amide bonds. The standard InChI is InChI=1S/C52H68N6O12S/c1-55-19-23-57(24-20-55)33-51(59)53-41-27-35(11-15-43(41)65-5)49(17-13-39-45(67-7)29-37(63-3)30-46(39)68-8)71(61,62)50(18-14-40-47(69-9)31-38(64-4)32-48(40)70-10)36-12-16-44(66-6)42(28-36)54-52(60)34-58-25-21-56(2)22-26-58/h11-18,27-32,49-50H,19-26,33-34H2,1-10H3,(H,53,59)(H,54,60)/b17-13+,18-14+. The number of methoxy groups -OCH3 is 8. The second kappa shape index (κ2) is 25.0. The third kappa shape index (κ3) is 13.5. The molecule has 2 unspecified atom stereocenters. The van der Waals surface area contributed by atoms with Gasteiger partial charge in [-0.05, 0) is 61.6 Å². The molecule has 0 aromatic heterocycles. The molecule has 4 aromatic rings. The van der Waals surface area contributed by atoms with Gasteiger partial charge in [0.25, 0.3) is 0 Å². The van der Waals surface area contributed by atoms with Crippen molar-refractivity contribution in [3.05, 3.63) is 95.1 Å². The molecule has 0 saturated carbocycles. The SMILES string of the molecule is COc1cc(OC)c(/C=C/C(c2ccc(OC)c(NC(=O)CN3CCN(C)CC3)c2)S(=O)(=O)C(/C=C/c2c(OC)cc(OC)cc2OC)c2ccc(OC)c(NC(=O)CN3CCN(C)CC3)c2)c(OC)c1. The van der Waals surface area contributed by atoms with Gasteiger partial charge in [-0.1, -0.05) is 24.3 Å². The van der Waals surface area contributed by atoms with E-state index in [-0.39, 0.29) is 36.3 Å². The van der Waals surface area contributed by atoms with Crippen LogP contribution < -0.4 is 48.5 Å². The first-order chi connectivity index (χ1) is 34.2. The van der Waals surface area contributed by atoms with Crippen molar-refractivity contribution in [1.82, 2.24) is 19.6 Å². The predicted octanol–water partition coefficient (Wildman–Crippen LogP) is 5.75. The van der Waals surface area contributed by atoms with Crippen LogP contribution in [0, 0.1) is 0 Å². The van der Waals surface area contributed by atoms with Gasteiger partial charge in [-0.15, -0.1) is 0 Å². The van der Waals surface area contributed by atoms with Crippen molar-refractivity contribution in [1.29, 1.82) is 0 Å². The number of sulfone groups is 1. The second-order valence-electron chi connectivity index (χ2n) is 17.2. The molecule has 0 bridgehead atoms. The molecule has 2 aliphatic heterocycles. The van der Waals surface area contributed by atoms with Gasteiger partial charge in [-0.3, -0.25) is 19.4 Å². The smallest absolute Gasteiger partial charge is 0.238 e. The highest BCUT2D eigenvalue weighted by molar-refractivity contribution is 7.92. The topological polar surface area (TPSA) is 179 Å². The Balaban J connectivity index is 1.53. The normalized spacial score (nSPS) is 16.0. The molecule has 384 valence electrons. The molecule has 0 spiro atoms. The summed E-state index contributed by atoms with van der Waals surface area (Å²) in [6.07, 6.45) is 6.36. The second-order valence-corrected chi connectivity index (χ2v) is 19.4. The lowest BCUT2D eigenvalue weighted by Crippen LogP contribution is -2.47. The molecule has 2 N–H and O–H groups in total. The Morgan fingerprint density at radius 2 is 0.817 bits per heavy atom. The average molecular weight is 1000 g/mol. The summed E-state index contributed by atoms with van der Waals surface area (Å²) in [6.45, 7) is 6.47. The quantitative estimate of drug-likeness (QED) is 0.0972. The largest absolute Gasteiger partial charge is 0.496 e. The van der Waals surface area contributed by atoms with Crippen molar-refractivity contribution in [2.24, 2.45) is 0 Å². The molecule has 2 fully saturated rings. The Morgan fingerprint density at radius 1 is 0.493 bits per heavy atom. The Labute approximate surface area is 417 Å². The zero-order valence-corrected chi connectivity index (χ0v) is 43.2.